The summed E-state index contributed by atoms with van der Waals surface area (Å²) in [6.07, 6.45) is -1.62. The third kappa shape index (κ3) is 7.68. The highest BCUT2D eigenvalue weighted by atomic mass is 127. The molecule has 1 saturated carbocycles. The van der Waals surface area contributed by atoms with Crippen molar-refractivity contribution >= 4 is 29.9 Å². The minimum absolute atomic E-state index is 0. The van der Waals surface area contributed by atoms with Crippen LogP contribution in [0.3, 0.4) is 0 Å². The Morgan fingerprint density at radius 1 is 1.32 bits per heavy atom. The number of nitrogens with zero attached hydrogens (tertiary/aromatic N) is 1. The van der Waals surface area contributed by atoms with E-state index in [1.807, 2.05) is 0 Å². The number of nitrogens with one attached hydrogen (secondary N) is 1. The number of halogens is 4. The number of guanidine groups is 1. The van der Waals surface area contributed by atoms with Gasteiger partial charge in [0.1, 0.15) is 18.5 Å². The molecule has 1 fully saturated rings. The molecule has 0 amide bonds. The van der Waals surface area contributed by atoms with Gasteiger partial charge in [0.25, 0.3) is 0 Å². The average molecular weight is 473 g/mol. The normalized spacial score (nSPS) is 16.6. The first-order valence-electron chi connectivity index (χ1n) is 7.86. The highest BCUT2D eigenvalue weighted by molar-refractivity contribution is 14.0. The summed E-state index contributed by atoms with van der Waals surface area (Å²) in [7, 11) is 0. The van der Waals surface area contributed by atoms with E-state index < -0.39 is 17.8 Å². The summed E-state index contributed by atoms with van der Waals surface area (Å²) in [5, 5.41) is 12.8. The van der Waals surface area contributed by atoms with Gasteiger partial charge in [-0.2, -0.15) is 13.2 Å². The van der Waals surface area contributed by atoms with Crippen molar-refractivity contribution in [2.24, 2.45) is 16.6 Å². The molecule has 2 rings (SSSR count). The first kappa shape index (κ1) is 21.8. The van der Waals surface area contributed by atoms with Crippen molar-refractivity contribution in [3.8, 4) is 5.75 Å². The van der Waals surface area contributed by atoms with Crippen LogP contribution < -0.4 is 15.8 Å². The molecule has 1 aromatic carbocycles. The van der Waals surface area contributed by atoms with Gasteiger partial charge in [-0.25, -0.2) is 0 Å². The largest absolute Gasteiger partial charge is 0.491 e. The topological polar surface area (TPSA) is 79.9 Å². The van der Waals surface area contributed by atoms with Gasteiger partial charge in [-0.15, -0.1) is 24.0 Å². The van der Waals surface area contributed by atoms with Crippen LogP contribution in [0.25, 0.3) is 0 Å². The Kier molecular flexibility index (Phi) is 8.77. The van der Waals surface area contributed by atoms with Gasteiger partial charge >= 0.3 is 6.18 Å². The van der Waals surface area contributed by atoms with Crippen LogP contribution in [0, 0.1) is 5.92 Å². The van der Waals surface area contributed by atoms with E-state index in [4.69, 9.17) is 10.5 Å². The lowest BCUT2D eigenvalue weighted by atomic mass is 9.85. The van der Waals surface area contributed by atoms with Gasteiger partial charge in [0, 0.05) is 6.54 Å². The van der Waals surface area contributed by atoms with Crippen LogP contribution in [0.4, 0.5) is 13.2 Å². The van der Waals surface area contributed by atoms with Crippen molar-refractivity contribution in [3.05, 3.63) is 29.8 Å². The Hall–Kier alpha value is -1.23. The van der Waals surface area contributed by atoms with E-state index in [0.717, 1.165) is 18.7 Å². The Balaban J connectivity index is 0.00000312. The second-order valence-electron chi connectivity index (χ2n) is 5.89. The van der Waals surface area contributed by atoms with Crippen molar-refractivity contribution in [2.75, 3.05) is 19.7 Å². The zero-order chi connectivity index (χ0) is 17.6. The second kappa shape index (κ2) is 10.0. The average Bonchev–Trinajstić information content (AvgIpc) is 2.49. The maximum Gasteiger partial charge on any atom is 0.416 e. The minimum Gasteiger partial charge on any atom is -0.491 e. The molecule has 0 aliphatic heterocycles. The smallest absolute Gasteiger partial charge is 0.416 e. The Morgan fingerprint density at radius 3 is 2.48 bits per heavy atom. The molecule has 5 nitrogen and oxygen atoms in total. The van der Waals surface area contributed by atoms with E-state index in [0.29, 0.717) is 5.92 Å². The maximum absolute atomic E-state index is 12.4. The van der Waals surface area contributed by atoms with Gasteiger partial charge in [-0.05, 0) is 43.0 Å². The molecule has 1 aromatic rings. The molecule has 0 spiro atoms. The molecular weight excluding hydrogens is 450 g/mol. The van der Waals surface area contributed by atoms with Gasteiger partial charge in [-0.3, -0.25) is 4.99 Å². The zero-order valence-corrected chi connectivity index (χ0v) is 16.0. The molecule has 9 heteroatoms. The van der Waals surface area contributed by atoms with Crippen molar-refractivity contribution < 1.29 is 23.0 Å². The van der Waals surface area contributed by atoms with E-state index in [2.05, 4.69) is 10.3 Å². The van der Waals surface area contributed by atoms with Crippen LogP contribution >= 0.6 is 24.0 Å². The highest BCUT2D eigenvalue weighted by Gasteiger charge is 2.30. The van der Waals surface area contributed by atoms with E-state index in [1.54, 1.807) is 0 Å². The fourth-order valence-electron chi connectivity index (χ4n) is 2.19. The van der Waals surface area contributed by atoms with E-state index >= 15 is 0 Å². The number of rotatable bonds is 7. The van der Waals surface area contributed by atoms with Crippen LogP contribution in [-0.2, 0) is 6.18 Å². The lowest BCUT2D eigenvalue weighted by molar-refractivity contribution is -0.137. The fraction of sp³-hybridized carbons (Fsp3) is 0.562. The first-order valence-corrected chi connectivity index (χ1v) is 7.86. The molecule has 1 unspecified atom stereocenters. The van der Waals surface area contributed by atoms with Gasteiger partial charge in [0.05, 0.1) is 12.1 Å². The molecule has 0 heterocycles. The summed E-state index contributed by atoms with van der Waals surface area (Å²) in [4.78, 5) is 4.02. The SMILES string of the molecule is I.NC(=NCC(O)COc1ccc(C(F)(F)F)cc1)NCC1CCC1. The number of hydrogen-bond donors (Lipinski definition) is 3. The van der Waals surface area contributed by atoms with Crippen molar-refractivity contribution in [1.29, 1.82) is 0 Å². The quantitative estimate of drug-likeness (QED) is 0.324. The Morgan fingerprint density at radius 2 is 1.96 bits per heavy atom. The minimum atomic E-state index is -4.38. The standard InChI is InChI=1S/C16H22F3N3O2.HI/c17-16(18,19)12-4-6-14(7-5-12)24-10-13(23)9-22-15(20)21-8-11-2-1-3-11;/h4-7,11,13,23H,1-3,8-10H2,(H3,20,21,22);1H. The molecule has 0 aromatic heterocycles. The number of nitrogens with two attached hydrogens (primary N) is 1. The molecule has 1 atom stereocenters. The lowest BCUT2D eigenvalue weighted by Gasteiger charge is -2.25. The molecule has 0 radical (unpaired) electrons. The Bertz CT molecular complexity index is 549. The summed E-state index contributed by atoms with van der Waals surface area (Å²) in [5.41, 5.74) is 4.95. The van der Waals surface area contributed by atoms with E-state index in [9.17, 15) is 18.3 Å². The zero-order valence-electron chi connectivity index (χ0n) is 13.6. The van der Waals surface area contributed by atoms with Crippen LogP contribution in [0.15, 0.2) is 29.3 Å². The van der Waals surface area contributed by atoms with Gasteiger partial charge in [0.15, 0.2) is 5.96 Å². The number of alkyl halides is 3. The molecule has 142 valence electrons. The van der Waals surface area contributed by atoms with Crippen molar-refractivity contribution in [2.45, 2.75) is 31.5 Å². The number of benzene rings is 1. The first-order chi connectivity index (χ1) is 11.3. The number of ether oxygens (including phenoxy) is 1. The fourth-order valence-corrected chi connectivity index (χ4v) is 2.19. The maximum atomic E-state index is 12.4. The van der Waals surface area contributed by atoms with Gasteiger partial charge in [0.2, 0.25) is 0 Å². The van der Waals surface area contributed by atoms with Crippen LogP contribution in [0.5, 0.6) is 5.75 Å². The summed E-state index contributed by atoms with van der Waals surface area (Å²) < 4.78 is 42.6. The van der Waals surface area contributed by atoms with Gasteiger partial charge < -0.3 is 20.9 Å². The van der Waals surface area contributed by atoms with E-state index in [-0.39, 0.29) is 48.8 Å². The molecule has 25 heavy (non-hydrogen) atoms. The van der Waals surface area contributed by atoms with E-state index in [1.165, 1.54) is 31.4 Å². The second-order valence-corrected chi connectivity index (χ2v) is 5.89. The molecular formula is C16H23F3IN3O2. The molecule has 0 saturated heterocycles. The Labute approximate surface area is 161 Å². The molecule has 1 aliphatic rings. The van der Waals surface area contributed by atoms with Crippen molar-refractivity contribution in [1.82, 2.24) is 5.32 Å². The summed E-state index contributed by atoms with van der Waals surface area (Å²) in [5.74, 6) is 1.17. The molecule has 1 aliphatic carbocycles. The number of aliphatic imine (C=N–C) groups is 1. The number of hydrogen-bond acceptors (Lipinski definition) is 3. The monoisotopic (exact) mass is 473 g/mol. The summed E-state index contributed by atoms with van der Waals surface area (Å²) >= 11 is 0. The summed E-state index contributed by atoms with van der Waals surface area (Å²) in [6, 6.07) is 4.30. The van der Waals surface area contributed by atoms with Gasteiger partial charge in [-0.1, -0.05) is 6.42 Å². The predicted octanol–water partition coefficient (Wildman–Crippen LogP) is 2.77. The predicted molar refractivity (Wildman–Crippen MR) is 100 cm³/mol. The third-order valence-corrected chi connectivity index (χ3v) is 3.89. The summed E-state index contributed by atoms with van der Waals surface area (Å²) in [6.45, 7) is 0.766. The highest BCUT2D eigenvalue weighted by Crippen LogP contribution is 2.30. The number of aliphatic hydroxyl groups is 1. The van der Waals surface area contributed by atoms with Crippen LogP contribution in [0.1, 0.15) is 24.8 Å². The number of aliphatic hydroxyl groups excluding tert-OH is 1. The lowest BCUT2D eigenvalue weighted by Crippen LogP contribution is -2.38. The van der Waals surface area contributed by atoms with Crippen LogP contribution in [-0.4, -0.2) is 36.9 Å². The van der Waals surface area contributed by atoms with Crippen molar-refractivity contribution in [3.63, 3.8) is 0 Å². The third-order valence-electron chi connectivity index (χ3n) is 3.89. The molecule has 4 N–H and O–H groups in total. The molecule has 0 bridgehead atoms. The van der Waals surface area contributed by atoms with Crippen LogP contribution in [0.2, 0.25) is 0 Å².